The number of carbonyl (C=O) groups is 1. The standard InChI is InChI=1S/C17H16ClFN2O2/c1-11-7-15(8-12(2)17(11)18)23-10-16(22)21-20-9-13-3-5-14(19)6-4-13/h3-9H,10H2,1-2H3,(H,21,22)/b20-9-. The van der Waals surface area contributed by atoms with Crippen LogP contribution in [0.3, 0.4) is 0 Å². The Balaban J connectivity index is 1.84. The van der Waals surface area contributed by atoms with Crippen molar-refractivity contribution in [3.8, 4) is 5.75 Å². The molecule has 0 spiro atoms. The van der Waals surface area contributed by atoms with Gasteiger partial charge in [0.05, 0.1) is 6.21 Å². The summed E-state index contributed by atoms with van der Waals surface area (Å²) in [6, 6.07) is 9.28. The van der Waals surface area contributed by atoms with E-state index in [0.29, 0.717) is 16.3 Å². The Hall–Kier alpha value is -2.40. The van der Waals surface area contributed by atoms with Crippen molar-refractivity contribution in [3.05, 3.63) is 63.9 Å². The second kappa shape index (κ2) is 7.74. The Kier molecular flexibility index (Phi) is 5.71. The predicted octanol–water partition coefficient (Wildman–Crippen LogP) is 3.63. The summed E-state index contributed by atoms with van der Waals surface area (Å²) in [5, 5.41) is 4.47. The smallest absolute Gasteiger partial charge is 0.277 e. The zero-order valence-corrected chi connectivity index (χ0v) is 13.5. The fraction of sp³-hybridized carbons (Fsp3) is 0.176. The molecule has 0 aromatic heterocycles. The van der Waals surface area contributed by atoms with E-state index in [4.69, 9.17) is 16.3 Å². The first-order valence-corrected chi connectivity index (χ1v) is 7.30. The van der Waals surface area contributed by atoms with Crippen LogP contribution in [0.4, 0.5) is 4.39 Å². The molecule has 1 N–H and O–H groups in total. The van der Waals surface area contributed by atoms with Gasteiger partial charge in [-0.25, -0.2) is 9.82 Å². The number of halogens is 2. The predicted molar refractivity (Wildman–Crippen MR) is 88.6 cm³/mol. The summed E-state index contributed by atoms with van der Waals surface area (Å²) < 4.78 is 18.2. The maximum absolute atomic E-state index is 12.7. The van der Waals surface area contributed by atoms with Gasteiger partial charge in [0.15, 0.2) is 6.61 Å². The summed E-state index contributed by atoms with van der Waals surface area (Å²) in [5.41, 5.74) is 4.79. The molecule has 0 saturated carbocycles. The Bertz CT molecular complexity index is 707. The van der Waals surface area contributed by atoms with Crippen molar-refractivity contribution in [3.63, 3.8) is 0 Å². The summed E-state index contributed by atoms with van der Waals surface area (Å²) in [4.78, 5) is 11.7. The molecule has 2 aromatic rings. The van der Waals surface area contributed by atoms with Crippen LogP contribution in [0.1, 0.15) is 16.7 Å². The Morgan fingerprint density at radius 1 is 1.26 bits per heavy atom. The van der Waals surface area contributed by atoms with E-state index >= 15 is 0 Å². The lowest BCUT2D eigenvalue weighted by Crippen LogP contribution is -2.24. The molecule has 0 aliphatic rings. The number of hydrogen-bond donors (Lipinski definition) is 1. The maximum atomic E-state index is 12.7. The fourth-order valence-electron chi connectivity index (χ4n) is 1.90. The van der Waals surface area contributed by atoms with Crippen molar-refractivity contribution in [1.82, 2.24) is 5.43 Å². The van der Waals surface area contributed by atoms with Gasteiger partial charge in [0, 0.05) is 5.02 Å². The van der Waals surface area contributed by atoms with Gasteiger partial charge in [-0.15, -0.1) is 0 Å². The zero-order chi connectivity index (χ0) is 16.8. The van der Waals surface area contributed by atoms with Crippen molar-refractivity contribution >= 4 is 23.7 Å². The van der Waals surface area contributed by atoms with Gasteiger partial charge >= 0.3 is 0 Å². The van der Waals surface area contributed by atoms with Gasteiger partial charge < -0.3 is 4.74 Å². The number of hydrazone groups is 1. The van der Waals surface area contributed by atoms with Gasteiger partial charge in [0.25, 0.3) is 5.91 Å². The average molecular weight is 335 g/mol. The van der Waals surface area contributed by atoms with Crippen LogP contribution in [0, 0.1) is 19.7 Å². The van der Waals surface area contributed by atoms with Gasteiger partial charge in [-0.3, -0.25) is 4.79 Å². The fourth-order valence-corrected chi connectivity index (χ4v) is 2.01. The van der Waals surface area contributed by atoms with Gasteiger partial charge in [0.2, 0.25) is 0 Å². The number of benzene rings is 2. The average Bonchev–Trinajstić information content (AvgIpc) is 2.52. The van der Waals surface area contributed by atoms with Crippen LogP contribution in [-0.4, -0.2) is 18.7 Å². The van der Waals surface area contributed by atoms with E-state index in [0.717, 1.165) is 11.1 Å². The molecule has 2 aromatic carbocycles. The highest BCUT2D eigenvalue weighted by molar-refractivity contribution is 6.32. The summed E-state index contributed by atoms with van der Waals surface area (Å²) >= 11 is 6.07. The molecular weight excluding hydrogens is 319 g/mol. The SMILES string of the molecule is Cc1cc(OCC(=O)N/N=C\c2ccc(F)cc2)cc(C)c1Cl. The molecule has 120 valence electrons. The molecular formula is C17H16ClFN2O2. The molecule has 0 atom stereocenters. The minimum absolute atomic E-state index is 0.165. The Morgan fingerprint density at radius 2 is 1.87 bits per heavy atom. The maximum Gasteiger partial charge on any atom is 0.277 e. The number of rotatable bonds is 5. The lowest BCUT2D eigenvalue weighted by atomic mass is 10.1. The topological polar surface area (TPSA) is 50.7 Å². The van der Waals surface area contributed by atoms with Crippen LogP contribution in [0.15, 0.2) is 41.5 Å². The van der Waals surface area contributed by atoms with E-state index in [9.17, 15) is 9.18 Å². The minimum atomic E-state index is -0.395. The molecule has 6 heteroatoms. The van der Waals surface area contributed by atoms with Crippen LogP contribution >= 0.6 is 11.6 Å². The van der Waals surface area contributed by atoms with E-state index in [-0.39, 0.29) is 12.4 Å². The van der Waals surface area contributed by atoms with Gasteiger partial charge in [-0.1, -0.05) is 23.7 Å². The van der Waals surface area contributed by atoms with E-state index in [1.165, 1.54) is 18.3 Å². The van der Waals surface area contributed by atoms with E-state index in [1.54, 1.807) is 24.3 Å². The third-order valence-corrected chi connectivity index (χ3v) is 3.65. The number of amides is 1. The quantitative estimate of drug-likeness (QED) is 0.670. The largest absolute Gasteiger partial charge is 0.484 e. The second-order valence-corrected chi connectivity index (χ2v) is 5.38. The lowest BCUT2D eigenvalue weighted by molar-refractivity contribution is -0.123. The van der Waals surface area contributed by atoms with E-state index in [1.807, 2.05) is 13.8 Å². The molecule has 0 aliphatic heterocycles. The zero-order valence-electron chi connectivity index (χ0n) is 12.8. The molecule has 23 heavy (non-hydrogen) atoms. The number of nitrogens with zero attached hydrogens (tertiary/aromatic N) is 1. The van der Waals surface area contributed by atoms with Crippen LogP contribution in [0.2, 0.25) is 5.02 Å². The van der Waals surface area contributed by atoms with Crippen molar-refractivity contribution in [2.24, 2.45) is 5.10 Å². The summed E-state index contributed by atoms with van der Waals surface area (Å²) in [7, 11) is 0. The molecule has 0 aliphatic carbocycles. The third kappa shape index (κ3) is 5.07. The molecule has 0 radical (unpaired) electrons. The number of aryl methyl sites for hydroxylation is 2. The van der Waals surface area contributed by atoms with Crippen LogP contribution in [0.5, 0.6) is 5.75 Å². The highest BCUT2D eigenvalue weighted by Crippen LogP contribution is 2.25. The number of carbonyl (C=O) groups excluding carboxylic acids is 1. The lowest BCUT2D eigenvalue weighted by Gasteiger charge is -2.09. The molecule has 4 nitrogen and oxygen atoms in total. The second-order valence-electron chi connectivity index (χ2n) is 5.00. The van der Waals surface area contributed by atoms with Crippen LogP contribution in [0.25, 0.3) is 0 Å². The van der Waals surface area contributed by atoms with Gasteiger partial charge in [0.1, 0.15) is 11.6 Å². The van der Waals surface area contributed by atoms with E-state index in [2.05, 4.69) is 10.5 Å². The van der Waals surface area contributed by atoms with Gasteiger partial charge in [-0.05, 0) is 54.8 Å². The van der Waals surface area contributed by atoms with Crippen molar-refractivity contribution in [2.75, 3.05) is 6.61 Å². The molecule has 0 heterocycles. The number of nitrogens with one attached hydrogen (secondary N) is 1. The molecule has 0 fully saturated rings. The molecule has 0 saturated heterocycles. The highest BCUT2D eigenvalue weighted by atomic mass is 35.5. The Labute approximate surface area is 138 Å². The first-order chi connectivity index (χ1) is 11.0. The highest BCUT2D eigenvalue weighted by Gasteiger charge is 2.06. The summed E-state index contributed by atoms with van der Waals surface area (Å²) in [5.74, 6) is -0.149. The minimum Gasteiger partial charge on any atom is -0.484 e. The molecule has 0 bridgehead atoms. The van der Waals surface area contributed by atoms with Crippen LogP contribution < -0.4 is 10.2 Å². The first-order valence-electron chi connectivity index (χ1n) is 6.92. The third-order valence-electron chi connectivity index (χ3n) is 3.05. The monoisotopic (exact) mass is 334 g/mol. The molecule has 2 rings (SSSR count). The summed E-state index contributed by atoms with van der Waals surface area (Å²) in [6.07, 6.45) is 1.42. The summed E-state index contributed by atoms with van der Waals surface area (Å²) in [6.45, 7) is 3.58. The van der Waals surface area contributed by atoms with Crippen LogP contribution in [-0.2, 0) is 4.79 Å². The first kappa shape index (κ1) is 17.0. The molecule has 1 amide bonds. The van der Waals surface area contributed by atoms with Crippen molar-refractivity contribution in [2.45, 2.75) is 13.8 Å². The number of ether oxygens (including phenoxy) is 1. The van der Waals surface area contributed by atoms with E-state index < -0.39 is 5.91 Å². The van der Waals surface area contributed by atoms with Crippen molar-refractivity contribution in [1.29, 1.82) is 0 Å². The Morgan fingerprint density at radius 3 is 2.48 bits per heavy atom. The van der Waals surface area contributed by atoms with Crippen molar-refractivity contribution < 1.29 is 13.9 Å². The normalized spacial score (nSPS) is 10.8. The molecule has 0 unspecified atom stereocenters. The number of hydrogen-bond acceptors (Lipinski definition) is 3. The van der Waals surface area contributed by atoms with Gasteiger partial charge in [-0.2, -0.15) is 5.10 Å².